The Balaban J connectivity index is 0. The number of hydrogen-bond acceptors (Lipinski definition) is 2. The fourth-order valence-corrected chi connectivity index (χ4v) is 1.10. The van der Waals surface area contributed by atoms with E-state index in [0.717, 1.165) is 6.92 Å². The van der Waals surface area contributed by atoms with E-state index in [1.165, 1.54) is 24.3 Å². The Hall–Kier alpha value is -0.680. The Bertz CT molecular complexity index is 318. The van der Waals surface area contributed by atoms with Gasteiger partial charge in [0.25, 0.3) is 0 Å². The molecule has 1 unspecified atom stereocenters. The minimum atomic E-state index is -4.68. The van der Waals surface area contributed by atoms with Crippen LogP contribution >= 0.6 is 12.6 Å². The summed E-state index contributed by atoms with van der Waals surface area (Å²) in [5.41, 5.74) is -3.00. The van der Waals surface area contributed by atoms with Gasteiger partial charge >= 0.3 is 6.18 Å². The van der Waals surface area contributed by atoms with Crippen LogP contribution in [0.1, 0.15) is 40.2 Å². The van der Waals surface area contributed by atoms with Gasteiger partial charge in [0.05, 0.1) is 0 Å². The van der Waals surface area contributed by atoms with Crippen LogP contribution in [0.25, 0.3) is 0 Å². The predicted octanol–water partition coefficient (Wildman–Crippen LogP) is 4.80. The number of alkyl halides is 3. The lowest BCUT2D eigenvalue weighted by atomic mass is 9.96. The van der Waals surface area contributed by atoms with Crippen LogP contribution in [0.3, 0.4) is 0 Å². The van der Waals surface area contributed by atoms with Crippen molar-refractivity contribution in [3.63, 3.8) is 0 Å². The summed E-state index contributed by atoms with van der Waals surface area (Å²) in [6.07, 6.45) is -4.68. The fourth-order valence-electron chi connectivity index (χ4n) is 0.950. The first-order valence-corrected chi connectivity index (χ1v) is 6.28. The van der Waals surface area contributed by atoms with E-state index in [4.69, 9.17) is 0 Å². The van der Waals surface area contributed by atoms with E-state index in [-0.39, 0.29) is 5.56 Å². The van der Waals surface area contributed by atoms with Crippen LogP contribution in [0, 0.1) is 0 Å². The van der Waals surface area contributed by atoms with Crippen LogP contribution in [-0.4, -0.2) is 11.3 Å². The Morgan fingerprint density at radius 3 is 1.56 bits per heavy atom. The van der Waals surface area contributed by atoms with E-state index < -0.39 is 11.8 Å². The summed E-state index contributed by atoms with van der Waals surface area (Å²) in [4.78, 5) is 0.548. The molecule has 0 aliphatic heterocycles. The zero-order valence-corrected chi connectivity index (χ0v) is 12.2. The smallest absolute Gasteiger partial charge is 0.376 e. The molecular formula is C13H21F3OS. The van der Waals surface area contributed by atoms with Gasteiger partial charge in [-0.15, -0.1) is 12.6 Å². The highest BCUT2D eigenvalue weighted by Crippen LogP contribution is 2.38. The molecule has 0 aliphatic rings. The largest absolute Gasteiger partial charge is 0.421 e. The molecule has 1 aromatic rings. The van der Waals surface area contributed by atoms with Gasteiger partial charge in [0.15, 0.2) is 5.60 Å². The van der Waals surface area contributed by atoms with E-state index in [0.29, 0.717) is 4.90 Å². The van der Waals surface area contributed by atoms with Gasteiger partial charge in [0.2, 0.25) is 0 Å². The van der Waals surface area contributed by atoms with Crippen LogP contribution in [0.5, 0.6) is 0 Å². The van der Waals surface area contributed by atoms with Crippen molar-refractivity contribution >= 4 is 12.6 Å². The third kappa shape index (κ3) is 5.31. The summed E-state index contributed by atoms with van der Waals surface area (Å²) in [5.74, 6) is 0. The topological polar surface area (TPSA) is 20.2 Å². The molecule has 0 saturated heterocycles. The zero-order valence-electron chi connectivity index (χ0n) is 11.3. The highest BCUT2D eigenvalue weighted by atomic mass is 32.1. The van der Waals surface area contributed by atoms with Crippen LogP contribution in [0.15, 0.2) is 29.2 Å². The quantitative estimate of drug-likeness (QED) is 0.709. The Labute approximate surface area is 112 Å². The molecule has 0 saturated carbocycles. The van der Waals surface area contributed by atoms with Crippen molar-refractivity contribution < 1.29 is 18.3 Å². The second-order valence-electron chi connectivity index (χ2n) is 3.12. The molecule has 1 nitrogen and oxygen atoms in total. The van der Waals surface area contributed by atoms with Crippen molar-refractivity contribution in [3.05, 3.63) is 29.8 Å². The van der Waals surface area contributed by atoms with Crippen molar-refractivity contribution in [2.75, 3.05) is 0 Å². The number of aliphatic hydroxyl groups is 1. The molecule has 0 aromatic heterocycles. The van der Waals surface area contributed by atoms with Crippen molar-refractivity contribution in [3.8, 4) is 0 Å². The van der Waals surface area contributed by atoms with Crippen molar-refractivity contribution in [1.82, 2.24) is 0 Å². The van der Waals surface area contributed by atoms with Gasteiger partial charge in [-0.05, 0) is 24.6 Å². The lowest BCUT2D eigenvalue weighted by molar-refractivity contribution is -0.258. The van der Waals surface area contributed by atoms with Gasteiger partial charge in [-0.3, -0.25) is 0 Å². The molecule has 1 aromatic carbocycles. The lowest BCUT2D eigenvalue weighted by Gasteiger charge is -2.26. The number of hydrogen-bond donors (Lipinski definition) is 2. The molecule has 1 N–H and O–H groups in total. The van der Waals surface area contributed by atoms with Gasteiger partial charge in [0.1, 0.15) is 0 Å². The van der Waals surface area contributed by atoms with E-state index >= 15 is 0 Å². The van der Waals surface area contributed by atoms with Crippen LogP contribution in [-0.2, 0) is 5.60 Å². The molecule has 0 radical (unpaired) electrons. The molecule has 18 heavy (non-hydrogen) atoms. The summed E-state index contributed by atoms with van der Waals surface area (Å²) in [5, 5.41) is 9.26. The molecule has 1 atom stereocenters. The molecule has 0 amide bonds. The fraction of sp³-hybridized carbons (Fsp3) is 0.538. The third-order valence-electron chi connectivity index (χ3n) is 1.98. The van der Waals surface area contributed by atoms with E-state index in [9.17, 15) is 18.3 Å². The summed E-state index contributed by atoms with van der Waals surface area (Å²) in [6.45, 7) is 8.72. The van der Waals surface area contributed by atoms with Crippen LogP contribution < -0.4 is 0 Å². The average molecular weight is 282 g/mol. The van der Waals surface area contributed by atoms with Gasteiger partial charge in [0, 0.05) is 4.90 Å². The number of rotatable bonds is 1. The molecule has 0 fully saturated rings. The maximum Gasteiger partial charge on any atom is 0.421 e. The molecule has 0 spiro atoms. The monoisotopic (exact) mass is 282 g/mol. The molecule has 1 rings (SSSR count). The van der Waals surface area contributed by atoms with Crippen molar-refractivity contribution in [2.45, 2.75) is 51.3 Å². The number of thiol groups is 1. The van der Waals surface area contributed by atoms with Crippen LogP contribution in [0.4, 0.5) is 13.2 Å². The molecule has 106 valence electrons. The standard InChI is InChI=1S/C9H9F3OS.2C2H6/c1-8(13,9(10,11)12)6-2-4-7(14)5-3-6;2*1-2/h2-5,13-14H,1H3;2*1-2H3. The second kappa shape index (κ2) is 8.43. The molecule has 0 aliphatic carbocycles. The van der Waals surface area contributed by atoms with Gasteiger partial charge in [-0.1, -0.05) is 39.8 Å². The van der Waals surface area contributed by atoms with E-state index in [1.807, 2.05) is 27.7 Å². The first-order chi connectivity index (χ1) is 8.25. The van der Waals surface area contributed by atoms with Gasteiger partial charge in [-0.2, -0.15) is 13.2 Å². The average Bonchev–Trinajstić information content (AvgIpc) is 2.33. The highest BCUT2D eigenvalue weighted by molar-refractivity contribution is 7.80. The molecular weight excluding hydrogens is 261 g/mol. The Kier molecular flexibility index (Phi) is 9.20. The maximum absolute atomic E-state index is 12.4. The minimum absolute atomic E-state index is 0.192. The number of benzene rings is 1. The van der Waals surface area contributed by atoms with E-state index in [1.54, 1.807) is 0 Å². The summed E-state index contributed by atoms with van der Waals surface area (Å²) < 4.78 is 37.1. The SMILES string of the molecule is CC.CC.CC(O)(c1ccc(S)cc1)C(F)(F)F. The molecule has 0 heterocycles. The predicted molar refractivity (Wildman–Crippen MR) is 72.0 cm³/mol. The Morgan fingerprint density at radius 1 is 0.944 bits per heavy atom. The summed E-state index contributed by atoms with van der Waals surface area (Å²) in [6, 6.07) is 5.21. The van der Waals surface area contributed by atoms with Crippen molar-refractivity contribution in [1.29, 1.82) is 0 Å². The maximum atomic E-state index is 12.4. The molecule has 5 heteroatoms. The third-order valence-corrected chi connectivity index (χ3v) is 2.28. The normalized spacial score (nSPS) is 13.4. The highest BCUT2D eigenvalue weighted by Gasteiger charge is 2.50. The van der Waals surface area contributed by atoms with Crippen molar-refractivity contribution in [2.24, 2.45) is 0 Å². The first-order valence-electron chi connectivity index (χ1n) is 5.84. The van der Waals surface area contributed by atoms with Crippen LogP contribution in [0.2, 0.25) is 0 Å². The van der Waals surface area contributed by atoms with Gasteiger partial charge < -0.3 is 5.11 Å². The second-order valence-corrected chi connectivity index (χ2v) is 3.63. The zero-order chi connectivity index (χ0) is 15.0. The minimum Gasteiger partial charge on any atom is -0.376 e. The lowest BCUT2D eigenvalue weighted by Crippen LogP contribution is -2.39. The molecule has 0 bridgehead atoms. The van der Waals surface area contributed by atoms with Gasteiger partial charge in [-0.25, -0.2) is 0 Å². The Morgan fingerprint density at radius 2 is 1.28 bits per heavy atom. The summed E-state index contributed by atoms with van der Waals surface area (Å²) in [7, 11) is 0. The summed E-state index contributed by atoms with van der Waals surface area (Å²) >= 11 is 3.94. The van der Waals surface area contributed by atoms with E-state index in [2.05, 4.69) is 12.6 Å². The number of halogens is 3. The first kappa shape index (κ1) is 19.7.